The number of rotatable bonds is 6. The van der Waals surface area contributed by atoms with Crippen LogP contribution in [0.25, 0.3) is 0 Å². The summed E-state index contributed by atoms with van der Waals surface area (Å²) in [4.78, 5) is 15.7. The van der Waals surface area contributed by atoms with Gasteiger partial charge in [-0.05, 0) is 25.2 Å². The maximum Gasteiger partial charge on any atom is 0.387 e. The summed E-state index contributed by atoms with van der Waals surface area (Å²) in [6.45, 7) is -0.0682. The lowest BCUT2D eigenvalue weighted by Gasteiger charge is -2.29. The SMILES string of the molecule is CN(CC(=O)N1CCOCC1)Cc1cc(Br)ccc1OC(F)F. The molecule has 5 nitrogen and oxygen atoms in total. The Morgan fingerprint density at radius 2 is 2.13 bits per heavy atom. The average molecular weight is 393 g/mol. The summed E-state index contributed by atoms with van der Waals surface area (Å²) < 4.78 is 35.5. The number of amides is 1. The number of benzene rings is 1. The second-order valence-electron chi connectivity index (χ2n) is 5.30. The van der Waals surface area contributed by atoms with Crippen LogP contribution in [-0.4, -0.2) is 62.2 Å². The Kier molecular flexibility index (Phi) is 6.73. The van der Waals surface area contributed by atoms with E-state index in [1.54, 1.807) is 29.0 Å². The molecule has 1 aliphatic heterocycles. The quantitative estimate of drug-likeness (QED) is 0.744. The molecule has 0 unspecified atom stereocenters. The Labute approximate surface area is 142 Å². The molecule has 1 saturated heterocycles. The summed E-state index contributed by atoms with van der Waals surface area (Å²) >= 11 is 3.32. The highest BCUT2D eigenvalue weighted by molar-refractivity contribution is 9.10. The summed E-state index contributed by atoms with van der Waals surface area (Å²) in [6, 6.07) is 4.84. The molecule has 1 heterocycles. The molecule has 1 aromatic carbocycles. The van der Waals surface area contributed by atoms with Gasteiger partial charge >= 0.3 is 6.61 Å². The Morgan fingerprint density at radius 1 is 1.43 bits per heavy atom. The van der Waals surface area contributed by atoms with Crippen molar-refractivity contribution < 1.29 is 23.0 Å². The second-order valence-corrected chi connectivity index (χ2v) is 6.21. The number of ether oxygens (including phenoxy) is 2. The molecule has 8 heteroatoms. The van der Waals surface area contributed by atoms with E-state index in [-0.39, 0.29) is 18.2 Å². The first kappa shape index (κ1) is 18.1. The van der Waals surface area contributed by atoms with E-state index in [4.69, 9.17) is 4.74 Å². The molecule has 0 N–H and O–H groups in total. The number of hydrogen-bond donors (Lipinski definition) is 0. The average Bonchev–Trinajstić information content (AvgIpc) is 2.50. The second kappa shape index (κ2) is 8.56. The summed E-state index contributed by atoms with van der Waals surface area (Å²) in [5, 5.41) is 0. The minimum atomic E-state index is -2.88. The third-order valence-electron chi connectivity index (χ3n) is 3.45. The van der Waals surface area contributed by atoms with Gasteiger partial charge in [-0.25, -0.2) is 0 Å². The molecule has 0 spiro atoms. The molecule has 0 aromatic heterocycles. The predicted molar refractivity (Wildman–Crippen MR) is 84.5 cm³/mol. The first-order chi connectivity index (χ1) is 11.0. The van der Waals surface area contributed by atoms with Gasteiger partial charge in [0.2, 0.25) is 5.91 Å². The maximum atomic E-state index is 12.5. The summed E-state index contributed by atoms with van der Waals surface area (Å²) in [5.74, 6) is 0.121. The van der Waals surface area contributed by atoms with Crippen molar-refractivity contribution in [3.05, 3.63) is 28.2 Å². The molecule has 0 aliphatic carbocycles. The molecular weight excluding hydrogens is 374 g/mol. The van der Waals surface area contributed by atoms with Crippen LogP contribution >= 0.6 is 15.9 Å². The summed E-state index contributed by atoms with van der Waals surface area (Å²) in [7, 11) is 1.77. The molecule has 1 fully saturated rings. The zero-order chi connectivity index (χ0) is 16.8. The molecule has 23 heavy (non-hydrogen) atoms. The number of nitrogens with zero attached hydrogens (tertiary/aromatic N) is 2. The number of morpholine rings is 1. The molecule has 0 atom stereocenters. The van der Waals surface area contributed by atoms with Crippen LogP contribution in [0.2, 0.25) is 0 Å². The maximum absolute atomic E-state index is 12.5. The molecule has 0 radical (unpaired) electrons. The Bertz CT molecular complexity index is 539. The van der Waals surface area contributed by atoms with Crippen molar-refractivity contribution in [2.75, 3.05) is 39.9 Å². The molecule has 0 saturated carbocycles. The molecule has 1 amide bonds. The van der Waals surface area contributed by atoms with Crippen molar-refractivity contribution in [3.63, 3.8) is 0 Å². The van der Waals surface area contributed by atoms with E-state index >= 15 is 0 Å². The van der Waals surface area contributed by atoms with Crippen LogP contribution in [0.1, 0.15) is 5.56 Å². The molecule has 128 valence electrons. The van der Waals surface area contributed by atoms with E-state index in [0.29, 0.717) is 38.4 Å². The predicted octanol–water partition coefficient (Wildman–Crippen LogP) is 2.34. The van der Waals surface area contributed by atoms with Crippen LogP contribution in [-0.2, 0) is 16.1 Å². The van der Waals surface area contributed by atoms with E-state index in [0.717, 1.165) is 4.47 Å². The number of alkyl halides is 2. The lowest BCUT2D eigenvalue weighted by Crippen LogP contribution is -2.44. The van der Waals surface area contributed by atoms with Gasteiger partial charge in [-0.1, -0.05) is 15.9 Å². The third kappa shape index (κ3) is 5.71. The lowest BCUT2D eigenvalue weighted by atomic mass is 10.2. The minimum absolute atomic E-state index is 0.00197. The lowest BCUT2D eigenvalue weighted by molar-refractivity contribution is -0.136. The van der Waals surface area contributed by atoms with Crippen LogP contribution in [0, 0.1) is 0 Å². The van der Waals surface area contributed by atoms with Gasteiger partial charge in [-0.3, -0.25) is 9.69 Å². The number of halogens is 3. The van der Waals surface area contributed by atoms with Gasteiger partial charge < -0.3 is 14.4 Å². The molecule has 1 aliphatic rings. The van der Waals surface area contributed by atoms with E-state index in [1.165, 1.54) is 6.07 Å². The van der Waals surface area contributed by atoms with Crippen molar-refractivity contribution in [3.8, 4) is 5.75 Å². The largest absolute Gasteiger partial charge is 0.434 e. The molecule has 0 bridgehead atoms. The van der Waals surface area contributed by atoms with Gasteiger partial charge in [-0.15, -0.1) is 0 Å². The fourth-order valence-corrected chi connectivity index (χ4v) is 2.78. The number of carbonyl (C=O) groups is 1. The van der Waals surface area contributed by atoms with Gasteiger partial charge in [0.25, 0.3) is 0 Å². The van der Waals surface area contributed by atoms with Crippen molar-refractivity contribution in [1.82, 2.24) is 9.80 Å². The minimum Gasteiger partial charge on any atom is -0.434 e. The van der Waals surface area contributed by atoms with Crippen molar-refractivity contribution in [2.45, 2.75) is 13.2 Å². The highest BCUT2D eigenvalue weighted by atomic mass is 79.9. The van der Waals surface area contributed by atoms with Crippen molar-refractivity contribution in [1.29, 1.82) is 0 Å². The summed E-state index contributed by atoms with van der Waals surface area (Å²) in [6.07, 6.45) is 0. The Balaban J connectivity index is 1.97. The zero-order valence-corrected chi connectivity index (χ0v) is 14.4. The highest BCUT2D eigenvalue weighted by Crippen LogP contribution is 2.25. The number of likely N-dealkylation sites (N-methyl/N-ethyl adjacent to an activating group) is 1. The number of hydrogen-bond acceptors (Lipinski definition) is 4. The normalized spacial score (nSPS) is 15.3. The van der Waals surface area contributed by atoms with Crippen LogP contribution in [0.3, 0.4) is 0 Å². The van der Waals surface area contributed by atoms with Gasteiger partial charge in [0.15, 0.2) is 0 Å². The monoisotopic (exact) mass is 392 g/mol. The Morgan fingerprint density at radius 3 is 2.78 bits per heavy atom. The topological polar surface area (TPSA) is 42.0 Å². The van der Waals surface area contributed by atoms with Crippen LogP contribution in [0.5, 0.6) is 5.75 Å². The zero-order valence-electron chi connectivity index (χ0n) is 12.8. The van der Waals surface area contributed by atoms with E-state index in [2.05, 4.69) is 20.7 Å². The van der Waals surface area contributed by atoms with Gasteiger partial charge in [0, 0.05) is 29.7 Å². The first-order valence-electron chi connectivity index (χ1n) is 7.23. The van der Waals surface area contributed by atoms with Crippen molar-refractivity contribution in [2.24, 2.45) is 0 Å². The number of carbonyl (C=O) groups excluding carboxylic acids is 1. The first-order valence-corrected chi connectivity index (χ1v) is 8.02. The standard InChI is InChI=1S/C15H19BrF2N2O3/c1-19(10-14(21)20-4-6-22-7-5-20)9-11-8-12(16)2-3-13(11)23-15(17)18/h2-3,8,15H,4-7,9-10H2,1H3. The van der Waals surface area contributed by atoms with Crippen LogP contribution in [0.4, 0.5) is 8.78 Å². The third-order valence-corrected chi connectivity index (χ3v) is 3.94. The van der Waals surface area contributed by atoms with E-state index < -0.39 is 6.61 Å². The van der Waals surface area contributed by atoms with Crippen LogP contribution in [0.15, 0.2) is 22.7 Å². The fourth-order valence-electron chi connectivity index (χ4n) is 2.37. The van der Waals surface area contributed by atoms with Crippen LogP contribution < -0.4 is 4.74 Å². The fraction of sp³-hybridized carbons (Fsp3) is 0.533. The highest BCUT2D eigenvalue weighted by Gasteiger charge is 2.19. The summed E-state index contributed by atoms with van der Waals surface area (Å²) in [5.41, 5.74) is 0.594. The Hall–Kier alpha value is -1.25. The van der Waals surface area contributed by atoms with Gasteiger partial charge in [0.05, 0.1) is 19.8 Å². The molecule has 2 rings (SSSR count). The van der Waals surface area contributed by atoms with E-state index in [1.807, 2.05) is 0 Å². The molecule has 1 aromatic rings. The van der Waals surface area contributed by atoms with Crippen molar-refractivity contribution >= 4 is 21.8 Å². The molecular formula is C15H19BrF2N2O3. The van der Waals surface area contributed by atoms with E-state index in [9.17, 15) is 13.6 Å². The smallest absolute Gasteiger partial charge is 0.387 e. The van der Waals surface area contributed by atoms with Gasteiger partial charge in [0.1, 0.15) is 5.75 Å². The van der Waals surface area contributed by atoms with Gasteiger partial charge in [-0.2, -0.15) is 8.78 Å².